The van der Waals surface area contributed by atoms with Crippen LogP contribution in [0.3, 0.4) is 0 Å². The quantitative estimate of drug-likeness (QED) is 0.415. The van der Waals surface area contributed by atoms with Crippen molar-refractivity contribution in [3.63, 3.8) is 0 Å². The smallest absolute Gasteiger partial charge is 0.352 e. The molecule has 3 aromatic carbocycles. The number of carbonyl (C=O) groups excluding carboxylic acids is 2. The highest BCUT2D eigenvalue weighted by Crippen LogP contribution is 2.20. The SMILES string of the molecule is Cc1ccc(OC(C)C(=O)Oc2ccc(C(=O)Nc3ccc(Cl)cc3)cc2)cc1C. The van der Waals surface area contributed by atoms with Crippen molar-refractivity contribution in [3.05, 3.63) is 88.4 Å². The highest BCUT2D eigenvalue weighted by molar-refractivity contribution is 6.30. The van der Waals surface area contributed by atoms with E-state index in [1.165, 1.54) is 0 Å². The normalized spacial score (nSPS) is 11.5. The maximum Gasteiger partial charge on any atom is 0.352 e. The average molecular weight is 424 g/mol. The molecule has 1 amide bonds. The Morgan fingerprint density at radius 1 is 0.867 bits per heavy atom. The van der Waals surface area contributed by atoms with Crippen LogP contribution in [0.2, 0.25) is 5.02 Å². The summed E-state index contributed by atoms with van der Waals surface area (Å²) in [5.41, 5.74) is 3.31. The molecule has 0 aromatic heterocycles. The number of anilines is 1. The molecule has 0 fully saturated rings. The van der Waals surface area contributed by atoms with Crippen molar-refractivity contribution < 1.29 is 19.1 Å². The Kier molecular flexibility index (Phi) is 6.75. The Hall–Kier alpha value is -3.31. The summed E-state index contributed by atoms with van der Waals surface area (Å²) in [4.78, 5) is 24.6. The summed E-state index contributed by atoms with van der Waals surface area (Å²) in [6.07, 6.45) is -0.778. The van der Waals surface area contributed by atoms with Gasteiger partial charge < -0.3 is 14.8 Å². The van der Waals surface area contributed by atoms with E-state index in [1.807, 2.05) is 32.0 Å². The summed E-state index contributed by atoms with van der Waals surface area (Å²) < 4.78 is 11.0. The molecule has 30 heavy (non-hydrogen) atoms. The van der Waals surface area contributed by atoms with Gasteiger partial charge in [-0.15, -0.1) is 0 Å². The maximum absolute atomic E-state index is 12.3. The summed E-state index contributed by atoms with van der Waals surface area (Å²) >= 11 is 5.84. The number of nitrogens with one attached hydrogen (secondary N) is 1. The summed E-state index contributed by atoms with van der Waals surface area (Å²) in [6, 6.07) is 18.8. The molecule has 0 saturated carbocycles. The van der Waals surface area contributed by atoms with Gasteiger partial charge in [-0.25, -0.2) is 4.79 Å². The van der Waals surface area contributed by atoms with Crippen molar-refractivity contribution in [2.45, 2.75) is 26.9 Å². The Balaban J connectivity index is 1.57. The molecule has 6 heteroatoms. The van der Waals surface area contributed by atoms with Crippen LogP contribution in [0, 0.1) is 13.8 Å². The van der Waals surface area contributed by atoms with E-state index in [4.69, 9.17) is 21.1 Å². The van der Waals surface area contributed by atoms with Crippen molar-refractivity contribution in [1.82, 2.24) is 0 Å². The third-order valence-corrected chi connectivity index (χ3v) is 4.81. The molecular weight excluding hydrogens is 402 g/mol. The molecule has 0 spiro atoms. The van der Waals surface area contributed by atoms with Gasteiger partial charge in [0, 0.05) is 16.3 Å². The molecule has 0 saturated heterocycles. The van der Waals surface area contributed by atoms with Crippen LogP contribution in [0.15, 0.2) is 66.7 Å². The zero-order valence-electron chi connectivity index (χ0n) is 16.9. The van der Waals surface area contributed by atoms with E-state index in [1.54, 1.807) is 55.5 Å². The number of aryl methyl sites for hydroxylation is 2. The zero-order chi connectivity index (χ0) is 21.7. The number of carbonyl (C=O) groups is 2. The number of rotatable bonds is 6. The second kappa shape index (κ2) is 9.46. The first kappa shape index (κ1) is 21.4. The minimum Gasteiger partial charge on any atom is -0.479 e. The van der Waals surface area contributed by atoms with Gasteiger partial charge in [0.05, 0.1) is 0 Å². The summed E-state index contributed by atoms with van der Waals surface area (Å²) in [5.74, 6) is 0.142. The van der Waals surface area contributed by atoms with Crippen molar-refractivity contribution >= 4 is 29.2 Å². The number of esters is 1. The number of hydrogen-bond donors (Lipinski definition) is 1. The number of benzene rings is 3. The predicted molar refractivity (Wildman–Crippen MR) is 117 cm³/mol. The fraction of sp³-hybridized carbons (Fsp3) is 0.167. The Morgan fingerprint density at radius 3 is 2.13 bits per heavy atom. The van der Waals surface area contributed by atoms with Crippen LogP contribution >= 0.6 is 11.6 Å². The van der Waals surface area contributed by atoms with Crippen molar-refractivity contribution in [2.75, 3.05) is 5.32 Å². The lowest BCUT2D eigenvalue weighted by Crippen LogP contribution is -2.28. The zero-order valence-corrected chi connectivity index (χ0v) is 17.7. The number of amides is 1. The van der Waals surface area contributed by atoms with E-state index in [9.17, 15) is 9.59 Å². The maximum atomic E-state index is 12.3. The predicted octanol–water partition coefficient (Wildman–Crippen LogP) is 5.58. The molecule has 0 aliphatic carbocycles. The molecule has 3 rings (SSSR count). The third kappa shape index (κ3) is 5.61. The lowest BCUT2D eigenvalue weighted by Gasteiger charge is -2.15. The van der Waals surface area contributed by atoms with Crippen LogP contribution in [-0.2, 0) is 4.79 Å². The summed E-state index contributed by atoms with van der Waals surface area (Å²) in [6.45, 7) is 5.62. The Labute approximate surface area is 180 Å². The molecule has 0 radical (unpaired) electrons. The van der Waals surface area contributed by atoms with E-state index in [2.05, 4.69) is 5.32 Å². The molecule has 1 N–H and O–H groups in total. The fourth-order valence-electron chi connectivity index (χ4n) is 2.65. The van der Waals surface area contributed by atoms with Gasteiger partial charge in [0.2, 0.25) is 0 Å². The van der Waals surface area contributed by atoms with Gasteiger partial charge in [-0.05, 0) is 92.6 Å². The van der Waals surface area contributed by atoms with E-state index in [-0.39, 0.29) is 5.91 Å². The summed E-state index contributed by atoms with van der Waals surface area (Å²) in [7, 11) is 0. The first-order valence-corrected chi connectivity index (χ1v) is 9.82. The first-order chi connectivity index (χ1) is 14.3. The lowest BCUT2D eigenvalue weighted by atomic mass is 10.1. The van der Waals surface area contributed by atoms with Crippen molar-refractivity contribution in [2.24, 2.45) is 0 Å². The highest BCUT2D eigenvalue weighted by Gasteiger charge is 2.18. The van der Waals surface area contributed by atoms with Crippen LogP contribution in [0.5, 0.6) is 11.5 Å². The molecule has 1 unspecified atom stereocenters. The van der Waals surface area contributed by atoms with Gasteiger partial charge >= 0.3 is 5.97 Å². The number of hydrogen-bond acceptors (Lipinski definition) is 4. The first-order valence-electron chi connectivity index (χ1n) is 9.44. The average Bonchev–Trinajstić information content (AvgIpc) is 2.73. The molecule has 0 aliphatic heterocycles. The van der Waals surface area contributed by atoms with Crippen molar-refractivity contribution in [3.8, 4) is 11.5 Å². The molecule has 1 atom stereocenters. The number of halogens is 1. The monoisotopic (exact) mass is 423 g/mol. The van der Waals surface area contributed by atoms with Crippen LogP contribution in [-0.4, -0.2) is 18.0 Å². The Morgan fingerprint density at radius 2 is 1.50 bits per heavy atom. The molecule has 3 aromatic rings. The van der Waals surface area contributed by atoms with Crippen LogP contribution in [0.1, 0.15) is 28.4 Å². The van der Waals surface area contributed by atoms with E-state index in [0.717, 1.165) is 11.1 Å². The van der Waals surface area contributed by atoms with E-state index >= 15 is 0 Å². The van der Waals surface area contributed by atoms with Gasteiger partial charge in [0.1, 0.15) is 11.5 Å². The minimum absolute atomic E-state index is 0.276. The second-order valence-electron chi connectivity index (χ2n) is 6.91. The van der Waals surface area contributed by atoms with Gasteiger partial charge in [0.15, 0.2) is 6.10 Å². The standard InChI is InChI=1S/C24H22ClNO4/c1-15-4-11-22(14-16(15)2)29-17(3)24(28)30-21-12-5-18(6-13-21)23(27)26-20-9-7-19(25)8-10-20/h4-14,17H,1-3H3,(H,26,27). The molecule has 5 nitrogen and oxygen atoms in total. The lowest BCUT2D eigenvalue weighted by molar-refractivity contribution is -0.141. The molecule has 0 heterocycles. The minimum atomic E-state index is -0.778. The summed E-state index contributed by atoms with van der Waals surface area (Å²) in [5, 5.41) is 3.37. The fourth-order valence-corrected chi connectivity index (χ4v) is 2.78. The Bertz CT molecular complexity index is 1050. The van der Waals surface area contributed by atoms with Crippen LogP contribution < -0.4 is 14.8 Å². The second-order valence-corrected chi connectivity index (χ2v) is 7.35. The van der Waals surface area contributed by atoms with E-state index in [0.29, 0.717) is 27.8 Å². The van der Waals surface area contributed by atoms with Crippen LogP contribution in [0.4, 0.5) is 5.69 Å². The van der Waals surface area contributed by atoms with Gasteiger partial charge in [-0.1, -0.05) is 17.7 Å². The number of ether oxygens (including phenoxy) is 2. The van der Waals surface area contributed by atoms with Gasteiger partial charge in [-0.3, -0.25) is 4.79 Å². The molecule has 154 valence electrons. The largest absolute Gasteiger partial charge is 0.479 e. The van der Waals surface area contributed by atoms with Gasteiger partial charge in [0.25, 0.3) is 5.91 Å². The molecular formula is C24H22ClNO4. The highest BCUT2D eigenvalue weighted by atomic mass is 35.5. The van der Waals surface area contributed by atoms with Crippen molar-refractivity contribution in [1.29, 1.82) is 0 Å². The topological polar surface area (TPSA) is 64.6 Å². The van der Waals surface area contributed by atoms with Gasteiger partial charge in [-0.2, -0.15) is 0 Å². The third-order valence-electron chi connectivity index (χ3n) is 4.56. The van der Waals surface area contributed by atoms with E-state index < -0.39 is 12.1 Å². The molecule has 0 aliphatic rings. The van der Waals surface area contributed by atoms with Crippen LogP contribution in [0.25, 0.3) is 0 Å². The molecule has 0 bridgehead atoms.